The normalized spacial score (nSPS) is 13.1. The Morgan fingerprint density at radius 3 is 2.54 bits per heavy atom. The number of rotatable bonds is 2. The van der Waals surface area contributed by atoms with Gasteiger partial charge in [0.2, 0.25) is 5.88 Å². The van der Waals surface area contributed by atoms with E-state index in [-0.39, 0.29) is 5.91 Å². The predicted octanol–water partition coefficient (Wildman–Crippen LogP) is 3.68. The van der Waals surface area contributed by atoms with Crippen LogP contribution < -0.4 is 9.64 Å². The summed E-state index contributed by atoms with van der Waals surface area (Å²) in [6.07, 6.45) is 0. The van der Waals surface area contributed by atoms with Crippen LogP contribution in [0.4, 0.5) is 5.69 Å². The molecule has 0 saturated carbocycles. The molecule has 1 aliphatic rings. The molecule has 0 bridgehead atoms. The monoisotopic (exact) mass is 319 g/mol. The van der Waals surface area contributed by atoms with Gasteiger partial charge >= 0.3 is 0 Å². The van der Waals surface area contributed by atoms with Crippen molar-refractivity contribution < 1.29 is 9.53 Å². The molecule has 0 saturated heterocycles. The van der Waals surface area contributed by atoms with Crippen LogP contribution in [0.5, 0.6) is 11.6 Å². The molecule has 0 atom stereocenters. The molecule has 1 aliphatic heterocycles. The van der Waals surface area contributed by atoms with Crippen molar-refractivity contribution in [3.63, 3.8) is 0 Å². The molecule has 0 unspecified atom stereocenters. The van der Waals surface area contributed by atoms with Gasteiger partial charge in [0.1, 0.15) is 11.4 Å². The fraction of sp³-hybridized carbons (Fsp3) is 0.158. The topological polar surface area (TPSA) is 47.4 Å². The van der Waals surface area contributed by atoms with E-state index < -0.39 is 0 Å². The molecular weight excluding hydrogens is 302 g/mol. The van der Waals surface area contributed by atoms with Crippen molar-refractivity contribution >= 4 is 11.6 Å². The van der Waals surface area contributed by atoms with Gasteiger partial charge in [-0.25, -0.2) is 4.68 Å². The fourth-order valence-electron chi connectivity index (χ4n) is 3.05. The fourth-order valence-corrected chi connectivity index (χ4v) is 3.05. The highest BCUT2D eigenvalue weighted by molar-refractivity contribution is 6.09. The maximum absolute atomic E-state index is 13.2. The van der Waals surface area contributed by atoms with E-state index in [0.717, 1.165) is 16.9 Å². The van der Waals surface area contributed by atoms with Crippen LogP contribution in [-0.2, 0) is 13.6 Å². The van der Waals surface area contributed by atoms with E-state index in [1.54, 1.807) is 15.6 Å². The highest BCUT2D eigenvalue weighted by Crippen LogP contribution is 2.41. The van der Waals surface area contributed by atoms with Crippen LogP contribution in [0.2, 0.25) is 0 Å². The van der Waals surface area contributed by atoms with Gasteiger partial charge in [-0.1, -0.05) is 42.5 Å². The Morgan fingerprint density at radius 1 is 1.04 bits per heavy atom. The highest BCUT2D eigenvalue weighted by atomic mass is 16.5. The van der Waals surface area contributed by atoms with Gasteiger partial charge in [-0.05, 0) is 24.6 Å². The standard InChI is InChI=1S/C19H17N3O2/c1-13-17-19(21(2)20-13)24-16-11-7-6-10-15(16)18(23)22(17)12-14-8-4-3-5-9-14/h3-11H,12H2,1-2H3. The molecule has 5 heteroatoms. The van der Waals surface area contributed by atoms with E-state index >= 15 is 0 Å². The van der Waals surface area contributed by atoms with Gasteiger partial charge in [-0.2, -0.15) is 5.10 Å². The van der Waals surface area contributed by atoms with E-state index in [9.17, 15) is 4.79 Å². The summed E-state index contributed by atoms with van der Waals surface area (Å²) >= 11 is 0. The number of benzene rings is 2. The smallest absolute Gasteiger partial charge is 0.262 e. The lowest BCUT2D eigenvalue weighted by Gasteiger charge is -2.21. The Bertz CT molecular complexity index is 916. The zero-order chi connectivity index (χ0) is 16.7. The SMILES string of the molecule is Cc1nn(C)c2c1N(Cc1ccccc1)C(=O)c1ccccc1O2. The van der Waals surface area contributed by atoms with Crippen molar-refractivity contribution in [2.45, 2.75) is 13.5 Å². The summed E-state index contributed by atoms with van der Waals surface area (Å²) in [6.45, 7) is 2.36. The summed E-state index contributed by atoms with van der Waals surface area (Å²) < 4.78 is 7.71. The number of amides is 1. The first-order valence-electron chi connectivity index (χ1n) is 7.81. The van der Waals surface area contributed by atoms with Gasteiger partial charge in [0.15, 0.2) is 0 Å². The first-order chi connectivity index (χ1) is 11.6. The van der Waals surface area contributed by atoms with Crippen molar-refractivity contribution in [3.05, 3.63) is 71.4 Å². The number of ether oxygens (including phenoxy) is 1. The highest BCUT2D eigenvalue weighted by Gasteiger charge is 2.32. The summed E-state index contributed by atoms with van der Waals surface area (Å²) in [4.78, 5) is 14.9. The molecule has 5 nitrogen and oxygen atoms in total. The molecule has 0 N–H and O–H groups in total. The van der Waals surface area contributed by atoms with Crippen LogP contribution in [0.3, 0.4) is 0 Å². The van der Waals surface area contributed by atoms with Gasteiger partial charge < -0.3 is 4.74 Å². The first-order valence-corrected chi connectivity index (χ1v) is 7.81. The summed E-state index contributed by atoms with van der Waals surface area (Å²) in [5, 5.41) is 4.43. The molecule has 1 aromatic heterocycles. The summed E-state index contributed by atoms with van der Waals surface area (Å²) in [5.74, 6) is 1.06. The number of aryl methyl sites for hydroxylation is 2. The summed E-state index contributed by atoms with van der Waals surface area (Å²) in [7, 11) is 1.82. The van der Waals surface area contributed by atoms with Crippen LogP contribution in [0.15, 0.2) is 54.6 Å². The zero-order valence-corrected chi connectivity index (χ0v) is 13.6. The number of para-hydroxylation sites is 1. The maximum atomic E-state index is 13.2. The Kier molecular flexibility index (Phi) is 3.34. The number of hydrogen-bond acceptors (Lipinski definition) is 3. The number of carbonyl (C=O) groups excluding carboxylic acids is 1. The van der Waals surface area contributed by atoms with E-state index in [2.05, 4.69) is 5.10 Å². The molecule has 0 aliphatic carbocycles. The Labute approximate surface area is 140 Å². The largest absolute Gasteiger partial charge is 0.436 e. The summed E-state index contributed by atoms with van der Waals surface area (Å²) in [5.41, 5.74) is 3.11. The molecule has 2 heterocycles. The molecule has 0 radical (unpaired) electrons. The Balaban J connectivity index is 1.89. The molecule has 120 valence electrons. The third-order valence-corrected chi connectivity index (χ3v) is 4.16. The van der Waals surface area contributed by atoms with Gasteiger partial charge in [0.05, 0.1) is 17.8 Å². The number of fused-ring (bicyclic) bond motifs is 2. The van der Waals surface area contributed by atoms with E-state index in [0.29, 0.717) is 23.7 Å². The maximum Gasteiger partial charge on any atom is 0.262 e. The van der Waals surface area contributed by atoms with Crippen molar-refractivity contribution in [2.24, 2.45) is 7.05 Å². The van der Waals surface area contributed by atoms with E-state index in [1.165, 1.54) is 0 Å². The van der Waals surface area contributed by atoms with Gasteiger partial charge in [-0.15, -0.1) is 0 Å². The average Bonchev–Trinajstić information content (AvgIpc) is 2.80. The van der Waals surface area contributed by atoms with Gasteiger partial charge in [0, 0.05) is 7.05 Å². The van der Waals surface area contributed by atoms with Crippen molar-refractivity contribution in [1.82, 2.24) is 9.78 Å². The predicted molar refractivity (Wildman–Crippen MR) is 91.4 cm³/mol. The zero-order valence-electron chi connectivity index (χ0n) is 13.6. The van der Waals surface area contributed by atoms with Crippen molar-refractivity contribution in [1.29, 1.82) is 0 Å². The second-order valence-electron chi connectivity index (χ2n) is 5.84. The Morgan fingerprint density at radius 2 is 1.75 bits per heavy atom. The quantitative estimate of drug-likeness (QED) is 0.724. The first kappa shape index (κ1) is 14.5. The van der Waals surface area contributed by atoms with Gasteiger partial charge in [-0.3, -0.25) is 9.69 Å². The molecule has 2 aromatic carbocycles. The summed E-state index contributed by atoms with van der Waals surface area (Å²) in [6, 6.07) is 17.2. The minimum absolute atomic E-state index is 0.0793. The molecule has 0 spiro atoms. The van der Waals surface area contributed by atoms with Crippen molar-refractivity contribution in [3.8, 4) is 11.6 Å². The minimum atomic E-state index is -0.0793. The molecule has 0 fully saturated rings. The molecule has 1 amide bonds. The number of carbonyl (C=O) groups is 1. The van der Waals surface area contributed by atoms with Crippen LogP contribution >= 0.6 is 0 Å². The molecule has 3 aromatic rings. The van der Waals surface area contributed by atoms with Crippen LogP contribution in [-0.4, -0.2) is 15.7 Å². The third-order valence-electron chi connectivity index (χ3n) is 4.16. The minimum Gasteiger partial charge on any atom is -0.436 e. The number of nitrogens with zero attached hydrogens (tertiary/aromatic N) is 3. The van der Waals surface area contributed by atoms with Crippen molar-refractivity contribution in [2.75, 3.05) is 4.90 Å². The van der Waals surface area contributed by atoms with E-state index in [4.69, 9.17) is 4.74 Å². The lowest BCUT2D eigenvalue weighted by molar-refractivity contribution is 0.0985. The number of anilines is 1. The second-order valence-corrected chi connectivity index (χ2v) is 5.84. The van der Waals surface area contributed by atoms with Gasteiger partial charge in [0.25, 0.3) is 5.91 Å². The molecule has 24 heavy (non-hydrogen) atoms. The lowest BCUT2D eigenvalue weighted by atomic mass is 10.1. The Hall–Kier alpha value is -3.08. The number of aromatic nitrogens is 2. The lowest BCUT2D eigenvalue weighted by Crippen LogP contribution is -2.30. The molecule has 4 rings (SSSR count). The van der Waals surface area contributed by atoms with Crippen LogP contribution in [0, 0.1) is 6.92 Å². The third kappa shape index (κ3) is 2.25. The molecular formula is C19H17N3O2. The van der Waals surface area contributed by atoms with E-state index in [1.807, 2.05) is 62.5 Å². The average molecular weight is 319 g/mol. The van der Waals surface area contributed by atoms with Crippen LogP contribution in [0.1, 0.15) is 21.6 Å². The number of hydrogen-bond donors (Lipinski definition) is 0. The second kappa shape index (κ2) is 5.53. The van der Waals surface area contributed by atoms with Crippen LogP contribution in [0.25, 0.3) is 0 Å².